The minimum absolute atomic E-state index is 0.00231. The zero-order valence-electron chi connectivity index (χ0n) is 11.2. The van der Waals surface area contributed by atoms with Gasteiger partial charge in [-0.15, -0.1) is 0 Å². The Kier molecular flexibility index (Phi) is 4.97. The monoisotopic (exact) mass is 228 g/mol. The topological polar surface area (TPSA) is 58.2 Å². The van der Waals surface area contributed by atoms with E-state index in [9.17, 15) is 9.59 Å². The summed E-state index contributed by atoms with van der Waals surface area (Å²) in [5.74, 6) is -0.00462. The van der Waals surface area contributed by atoms with Crippen molar-refractivity contribution in [2.45, 2.75) is 41.5 Å². The number of hydrogen-bond acceptors (Lipinski definition) is 2. The lowest BCUT2D eigenvalue weighted by Gasteiger charge is -2.20. The average molecular weight is 228 g/mol. The predicted octanol–water partition coefficient (Wildman–Crippen LogP) is 1.31. The zero-order valence-corrected chi connectivity index (χ0v) is 11.2. The van der Waals surface area contributed by atoms with E-state index in [1.807, 2.05) is 41.5 Å². The van der Waals surface area contributed by atoms with Crippen LogP contribution in [0.5, 0.6) is 0 Å². The van der Waals surface area contributed by atoms with E-state index in [4.69, 9.17) is 0 Å². The SMILES string of the molecule is CC(C)(C)C(=O)NCCNC(=O)C(C)(C)C. The molecule has 16 heavy (non-hydrogen) atoms. The first-order valence-corrected chi connectivity index (χ1v) is 5.62. The van der Waals surface area contributed by atoms with Crippen LogP contribution in [0.25, 0.3) is 0 Å². The number of carbonyl (C=O) groups is 2. The van der Waals surface area contributed by atoms with E-state index in [1.165, 1.54) is 0 Å². The number of hydrogen-bond donors (Lipinski definition) is 2. The number of carbonyl (C=O) groups excluding carboxylic acids is 2. The van der Waals surface area contributed by atoms with Gasteiger partial charge in [-0.3, -0.25) is 9.59 Å². The molecule has 0 aliphatic heterocycles. The molecule has 0 atom stereocenters. The third kappa shape index (κ3) is 5.73. The Hall–Kier alpha value is -1.06. The van der Waals surface area contributed by atoms with Gasteiger partial charge in [0.2, 0.25) is 11.8 Å². The maximum atomic E-state index is 11.5. The van der Waals surface area contributed by atoms with Crippen LogP contribution in [0.3, 0.4) is 0 Å². The molecule has 0 saturated carbocycles. The summed E-state index contributed by atoms with van der Waals surface area (Å²) in [4.78, 5) is 23.0. The lowest BCUT2D eigenvalue weighted by Crippen LogP contribution is -2.42. The summed E-state index contributed by atoms with van der Waals surface area (Å²) < 4.78 is 0. The van der Waals surface area contributed by atoms with Gasteiger partial charge in [-0.05, 0) is 0 Å². The van der Waals surface area contributed by atoms with E-state index in [0.717, 1.165) is 0 Å². The van der Waals surface area contributed by atoms with Crippen molar-refractivity contribution in [1.29, 1.82) is 0 Å². The first-order chi connectivity index (χ1) is 7.05. The zero-order chi connectivity index (χ0) is 13.0. The van der Waals surface area contributed by atoms with Gasteiger partial charge in [0, 0.05) is 23.9 Å². The minimum Gasteiger partial charge on any atom is -0.354 e. The summed E-state index contributed by atoms with van der Waals surface area (Å²) in [6.45, 7) is 12.1. The highest BCUT2D eigenvalue weighted by Crippen LogP contribution is 2.12. The van der Waals surface area contributed by atoms with E-state index in [2.05, 4.69) is 10.6 Å². The van der Waals surface area contributed by atoms with Crippen LogP contribution in [0.4, 0.5) is 0 Å². The number of rotatable bonds is 3. The smallest absolute Gasteiger partial charge is 0.225 e. The molecule has 0 bridgehead atoms. The lowest BCUT2D eigenvalue weighted by atomic mass is 9.95. The molecule has 0 heterocycles. The molecule has 0 aliphatic carbocycles. The Morgan fingerprint density at radius 2 is 1.00 bits per heavy atom. The van der Waals surface area contributed by atoms with Gasteiger partial charge in [-0.1, -0.05) is 41.5 Å². The van der Waals surface area contributed by atoms with Gasteiger partial charge < -0.3 is 10.6 Å². The van der Waals surface area contributed by atoms with Gasteiger partial charge in [0.15, 0.2) is 0 Å². The Morgan fingerprint density at radius 1 is 0.750 bits per heavy atom. The second-order valence-electron chi connectivity index (χ2n) is 6.01. The molecule has 0 rings (SSSR count). The Bertz CT molecular complexity index is 231. The van der Waals surface area contributed by atoms with Crippen molar-refractivity contribution in [1.82, 2.24) is 10.6 Å². The molecule has 0 unspecified atom stereocenters. The molecule has 0 spiro atoms. The number of nitrogens with one attached hydrogen (secondary N) is 2. The molecule has 0 aromatic carbocycles. The van der Waals surface area contributed by atoms with Crippen LogP contribution in [0.2, 0.25) is 0 Å². The van der Waals surface area contributed by atoms with Crippen LogP contribution in [0.15, 0.2) is 0 Å². The average Bonchev–Trinajstić information content (AvgIpc) is 2.08. The molecule has 0 aromatic rings. The van der Waals surface area contributed by atoms with Gasteiger partial charge in [-0.25, -0.2) is 0 Å². The normalized spacial score (nSPS) is 12.1. The fourth-order valence-electron chi connectivity index (χ4n) is 0.882. The van der Waals surface area contributed by atoms with E-state index in [0.29, 0.717) is 13.1 Å². The molecular formula is C12H24N2O2. The highest BCUT2D eigenvalue weighted by Gasteiger charge is 2.22. The molecule has 2 amide bonds. The van der Waals surface area contributed by atoms with E-state index in [-0.39, 0.29) is 22.6 Å². The molecule has 4 nitrogen and oxygen atoms in total. The summed E-state index contributed by atoms with van der Waals surface area (Å²) in [7, 11) is 0. The van der Waals surface area contributed by atoms with E-state index < -0.39 is 0 Å². The molecule has 0 fully saturated rings. The van der Waals surface area contributed by atoms with Gasteiger partial charge in [-0.2, -0.15) is 0 Å². The van der Waals surface area contributed by atoms with Crippen LogP contribution in [0.1, 0.15) is 41.5 Å². The molecule has 4 heteroatoms. The summed E-state index contributed by atoms with van der Waals surface area (Å²) in [5, 5.41) is 5.55. The molecule has 0 saturated heterocycles. The van der Waals surface area contributed by atoms with Crippen LogP contribution < -0.4 is 10.6 Å². The first kappa shape index (κ1) is 14.9. The first-order valence-electron chi connectivity index (χ1n) is 5.62. The Balaban J connectivity index is 3.79. The minimum atomic E-state index is -0.381. The van der Waals surface area contributed by atoms with Crippen LogP contribution >= 0.6 is 0 Å². The van der Waals surface area contributed by atoms with Crippen molar-refractivity contribution < 1.29 is 9.59 Å². The largest absolute Gasteiger partial charge is 0.354 e. The fourth-order valence-corrected chi connectivity index (χ4v) is 0.882. The van der Waals surface area contributed by atoms with Crippen molar-refractivity contribution in [2.24, 2.45) is 10.8 Å². The second-order valence-corrected chi connectivity index (χ2v) is 6.01. The second kappa shape index (κ2) is 5.32. The molecule has 0 aliphatic rings. The van der Waals surface area contributed by atoms with Gasteiger partial charge in [0.25, 0.3) is 0 Å². The molecule has 0 radical (unpaired) electrons. The molecular weight excluding hydrogens is 204 g/mol. The van der Waals surface area contributed by atoms with Crippen molar-refractivity contribution in [2.75, 3.05) is 13.1 Å². The van der Waals surface area contributed by atoms with E-state index >= 15 is 0 Å². The summed E-state index contributed by atoms with van der Waals surface area (Å²) in [6.07, 6.45) is 0. The van der Waals surface area contributed by atoms with Gasteiger partial charge >= 0.3 is 0 Å². The van der Waals surface area contributed by atoms with Gasteiger partial charge in [0.1, 0.15) is 0 Å². The predicted molar refractivity (Wildman–Crippen MR) is 64.9 cm³/mol. The lowest BCUT2D eigenvalue weighted by molar-refractivity contribution is -0.130. The van der Waals surface area contributed by atoms with E-state index in [1.54, 1.807) is 0 Å². The standard InChI is InChI=1S/C12H24N2O2/c1-11(2,3)9(15)13-7-8-14-10(16)12(4,5)6/h7-8H2,1-6H3,(H,13,15)(H,14,16). The van der Waals surface area contributed by atoms with Crippen molar-refractivity contribution in [3.05, 3.63) is 0 Å². The summed E-state index contributed by atoms with van der Waals surface area (Å²) >= 11 is 0. The summed E-state index contributed by atoms with van der Waals surface area (Å²) in [5.41, 5.74) is -0.762. The van der Waals surface area contributed by atoms with Crippen molar-refractivity contribution in [3.8, 4) is 0 Å². The molecule has 2 N–H and O–H groups in total. The highest BCUT2D eigenvalue weighted by atomic mass is 16.2. The maximum absolute atomic E-state index is 11.5. The maximum Gasteiger partial charge on any atom is 0.225 e. The van der Waals surface area contributed by atoms with Crippen LogP contribution in [-0.2, 0) is 9.59 Å². The van der Waals surface area contributed by atoms with Gasteiger partial charge in [0.05, 0.1) is 0 Å². The highest BCUT2D eigenvalue weighted by molar-refractivity contribution is 5.82. The van der Waals surface area contributed by atoms with Crippen LogP contribution in [-0.4, -0.2) is 24.9 Å². The fraction of sp³-hybridized carbons (Fsp3) is 0.833. The quantitative estimate of drug-likeness (QED) is 0.716. The number of amides is 2. The third-order valence-electron chi connectivity index (χ3n) is 2.06. The Morgan fingerprint density at radius 3 is 1.19 bits per heavy atom. The molecule has 0 aromatic heterocycles. The third-order valence-corrected chi connectivity index (χ3v) is 2.06. The Labute approximate surface area is 98.2 Å². The van der Waals surface area contributed by atoms with Crippen molar-refractivity contribution >= 4 is 11.8 Å². The van der Waals surface area contributed by atoms with Crippen LogP contribution in [0, 0.1) is 10.8 Å². The summed E-state index contributed by atoms with van der Waals surface area (Å²) in [6, 6.07) is 0. The van der Waals surface area contributed by atoms with Crippen molar-refractivity contribution in [3.63, 3.8) is 0 Å². The molecule has 94 valence electrons.